The van der Waals surface area contributed by atoms with Crippen molar-refractivity contribution in [2.75, 3.05) is 24.3 Å². The molecule has 0 aliphatic carbocycles. The van der Waals surface area contributed by atoms with Gasteiger partial charge in [0.15, 0.2) is 22.5 Å². The number of benzene rings is 4. The van der Waals surface area contributed by atoms with E-state index in [0.29, 0.717) is 34.3 Å². The van der Waals surface area contributed by atoms with Gasteiger partial charge < -0.3 is 30.3 Å². The van der Waals surface area contributed by atoms with Gasteiger partial charge in [-0.3, -0.25) is 0 Å². The molecule has 1 unspecified atom stereocenters. The average Bonchev–Trinajstić information content (AvgIpc) is 2.93. The molecule has 0 aliphatic rings. The third kappa shape index (κ3) is 7.09. The van der Waals surface area contributed by atoms with Gasteiger partial charge in [-0.1, -0.05) is 54.6 Å². The number of hydrogen-bond donors (Lipinski definition) is 3. The first-order chi connectivity index (χ1) is 17.6. The summed E-state index contributed by atoms with van der Waals surface area (Å²) >= 11 is 0. The van der Waals surface area contributed by atoms with Gasteiger partial charge in [0.1, 0.15) is 0 Å². The Balaban J connectivity index is 0.00000380. The van der Waals surface area contributed by atoms with Crippen molar-refractivity contribution in [3.63, 3.8) is 0 Å². The quantitative estimate of drug-likeness (QED) is 0.288. The Morgan fingerprint density at radius 1 is 0.784 bits per heavy atom. The maximum atomic E-state index is 13.1. The summed E-state index contributed by atoms with van der Waals surface area (Å²) in [6, 6.07) is 29.6. The molecule has 1 atom stereocenters. The van der Waals surface area contributed by atoms with Crippen LogP contribution in [0.25, 0.3) is 11.1 Å². The van der Waals surface area contributed by atoms with Crippen molar-refractivity contribution >= 4 is 28.4 Å². The number of ether oxygens (including phenoxy) is 2. The fourth-order valence-corrected chi connectivity index (χ4v) is 4.66. The van der Waals surface area contributed by atoms with Crippen LogP contribution in [0.2, 0.25) is 0 Å². The van der Waals surface area contributed by atoms with Gasteiger partial charge in [-0.15, -0.1) is 0 Å². The fourth-order valence-electron chi connectivity index (χ4n) is 3.62. The first-order valence-electron chi connectivity index (χ1n) is 11.3. The van der Waals surface area contributed by atoms with Crippen LogP contribution in [0.15, 0.2) is 102 Å². The van der Waals surface area contributed by atoms with Gasteiger partial charge in [0, 0.05) is 17.9 Å². The largest absolute Gasteiger partial charge is 0.493 e. The van der Waals surface area contributed by atoms with Crippen molar-refractivity contribution in [1.82, 2.24) is 5.32 Å². The summed E-state index contributed by atoms with van der Waals surface area (Å²) < 4.78 is 26.6. The van der Waals surface area contributed by atoms with Crippen LogP contribution in [0, 0.1) is 0 Å². The molecule has 0 fully saturated rings. The Kier molecular flexibility index (Phi) is 9.65. The highest BCUT2D eigenvalue weighted by Crippen LogP contribution is 2.28. The van der Waals surface area contributed by atoms with Crippen molar-refractivity contribution in [3.05, 3.63) is 103 Å². The fraction of sp³-hybridized carbons (Fsp3) is 0.107. The second-order valence-corrected chi connectivity index (χ2v) is 8.99. The molecular formula is C28H29N3O5S. The molecule has 4 aromatic carbocycles. The highest BCUT2D eigenvalue weighted by atomic mass is 32.2. The van der Waals surface area contributed by atoms with Gasteiger partial charge in [0.25, 0.3) is 0 Å². The van der Waals surface area contributed by atoms with E-state index in [-0.39, 0.29) is 11.5 Å². The standard InChI is InChI=1S/C28H27N3O4S.H2O/c1-34-25-17-12-20(18-26(25)35-2)19-29-28(32)30-22-13-15-23(16-14-22)31-36(33)27-11-7-6-10-24(27)21-8-4-3-5-9-21;/h3-18,31H,19H2,1-2H3,(H2,29,30,32);1H2. The number of nitrogens with one attached hydrogen (secondary N) is 3. The number of amides is 2. The molecule has 5 N–H and O–H groups in total. The maximum absolute atomic E-state index is 13.1. The summed E-state index contributed by atoms with van der Waals surface area (Å²) in [4.78, 5) is 13.0. The lowest BCUT2D eigenvalue weighted by molar-refractivity contribution is 0.251. The van der Waals surface area contributed by atoms with Gasteiger partial charge in [0.2, 0.25) is 0 Å². The number of rotatable bonds is 9. The van der Waals surface area contributed by atoms with Gasteiger partial charge in [-0.25, -0.2) is 9.00 Å². The van der Waals surface area contributed by atoms with Crippen molar-refractivity contribution in [2.45, 2.75) is 11.4 Å². The summed E-state index contributed by atoms with van der Waals surface area (Å²) in [5.41, 5.74) is 4.07. The number of urea groups is 1. The highest BCUT2D eigenvalue weighted by molar-refractivity contribution is 7.86. The Morgan fingerprint density at radius 3 is 2.14 bits per heavy atom. The molecule has 4 rings (SSSR count). The molecule has 4 aromatic rings. The van der Waals surface area contributed by atoms with Gasteiger partial charge in [0.05, 0.1) is 19.1 Å². The second kappa shape index (κ2) is 13.1. The first-order valence-corrected chi connectivity index (χ1v) is 12.4. The van der Waals surface area contributed by atoms with Gasteiger partial charge in [-0.05, 0) is 59.2 Å². The zero-order chi connectivity index (χ0) is 25.3. The normalized spacial score (nSPS) is 11.0. The van der Waals surface area contributed by atoms with E-state index in [0.717, 1.165) is 16.7 Å². The Morgan fingerprint density at radius 2 is 1.43 bits per heavy atom. The van der Waals surface area contributed by atoms with E-state index in [1.54, 1.807) is 44.6 Å². The van der Waals surface area contributed by atoms with Crippen LogP contribution in [0.3, 0.4) is 0 Å². The number of hydrogen-bond acceptors (Lipinski definition) is 4. The molecule has 9 heteroatoms. The van der Waals surface area contributed by atoms with Crippen molar-refractivity contribution in [1.29, 1.82) is 0 Å². The molecule has 8 nitrogen and oxygen atoms in total. The van der Waals surface area contributed by atoms with Crippen LogP contribution < -0.4 is 24.8 Å². The molecule has 0 bridgehead atoms. The molecule has 0 saturated carbocycles. The van der Waals surface area contributed by atoms with Gasteiger partial charge >= 0.3 is 6.03 Å². The molecular weight excluding hydrogens is 490 g/mol. The van der Waals surface area contributed by atoms with E-state index in [1.807, 2.05) is 66.7 Å². The minimum atomic E-state index is -1.46. The lowest BCUT2D eigenvalue weighted by Gasteiger charge is -2.12. The van der Waals surface area contributed by atoms with E-state index >= 15 is 0 Å². The second-order valence-electron chi connectivity index (χ2n) is 7.81. The SMILES string of the molecule is COc1ccc(CNC(=O)Nc2ccc(NS(=O)c3ccccc3-c3ccccc3)cc2)cc1OC.O. The van der Waals surface area contributed by atoms with Crippen LogP contribution in [-0.4, -0.2) is 29.9 Å². The Bertz CT molecular complexity index is 1350. The van der Waals surface area contributed by atoms with E-state index < -0.39 is 11.0 Å². The number of anilines is 2. The van der Waals surface area contributed by atoms with Crippen LogP contribution in [0.1, 0.15) is 5.56 Å². The first kappa shape index (κ1) is 27.3. The average molecular weight is 520 g/mol. The molecule has 0 heterocycles. The van der Waals surface area contributed by atoms with E-state index in [4.69, 9.17) is 9.47 Å². The molecule has 0 radical (unpaired) electrons. The Labute approximate surface area is 218 Å². The monoisotopic (exact) mass is 519 g/mol. The summed E-state index contributed by atoms with van der Waals surface area (Å²) in [6.45, 7) is 0.325. The number of methoxy groups -OCH3 is 2. The minimum Gasteiger partial charge on any atom is -0.493 e. The zero-order valence-corrected chi connectivity index (χ0v) is 21.3. The number of carbonyl (C=O) groups excluding carboxylic acids is 1. The smallest absolute Gasteiger partial charge is 0.319 e. The summed E-state index contributed by atoms with van der Waals surface area (Å²) in [6.07, 6.45) is 0. The van der Waals surface area contributed by atoms with Crippen molar-refractivity contribution in [2.24, 2.45) is 0 Å². The van der Waals surface area contributed by atoms with Crippen LogP contribution in [-0.2, 0) is 17.5 Å². The molecule has 2 amide bonds. The molecule has 192 valence electrons. The van der Waals surface area contributed by atoms with Crippen LogP contribution in [0.5, 0.6) is 11.5 Å². The van der Waals surface area contributed by atoms with Crippen molar-refractivity contribution in [3.8, 4) is 22.6 Å². The minimum absolute atomic E-state index is 0. The van der Waals surface area contributed by atoms with E-state index in [2.05, 4.69) is 15.4 Å². The molecule has 0 aliphatic heterocycles. The van der Waals surface area contributed by atoms with E-state index in [9.17, 15) is 9.00 Å². The predicted octanol–water partition coefficient (Wildman–Crippen LogP) is 5.00. The van der Waals surface area contributed by atoms with Crippen molar-refractivity contribution < 1.29 is 24.0 Å². The summed E-state index contributed by atoms with van der Waals surface area (Å²) in [5.74, 6) is 1.23. The lowest BCUT2D eigenvalue weighted by atomic mass is 10.1. The third-order valence-electron chi connectivity index (χ3n) is 5.43. The van der Waals surface area contributed by atoms with Gasteiger partial charge in [-0.2, -0.15) is 0 Å². The topological polar surface area (TPSA) is 120 Å². The van der Waals surface area contributed by atoms with Crippen LogP contribution >= 0.6 is 0 Å². The number of carbonyl (C=O) groups is 1. The maximum Gasteiger partial charge on any atom is 0.319 e. The third-order valence-corrected chi connectivity index (χ3v) is 6.60. The molecule has 37 heavy (non-hydrogen) atoms. The molecule has 0 spiro atoms. The lowest BCUT2D eigenvalue weighted by Crippen LogP contribution is -2.28. The molecule has 0 saturated heterocycles. The summed E-state index contributed by atoms with van der Waals surface area (Å²) in [7, 11) is 1.68. The predicted molar refractivity (Wildman–Crippen MR) is 147 cm³/mol. The highest BCUT2D eigenvalue weighted by Gasteiger charge is 2.12. The molecule has 0 aromatic heterocycles. The summed E-state index contributed by atoms with van der Waals surface area (Å²) in [5, 5.41) is 5.61. The Hall–Kier alpha value is -4.34. The van der Waals surface area contributed by atoms with Crippen LogP contribution in [0.4, 0.5) is 16.2 Å². The van der Waals surface area contributed by atoms with E-state index in [1.165, 1.54) is 0 Å². The zero-order valence-electron chi connectivity index (χ0n) is 20.5.